The molecule has 0 bridgehead atoms. The van der Waals surface area contributed by atoms with Gasteiger partial charge in [0, 0.05) is 0 Å². The quantitative estimate of drug-likeness (QED) is 0.0454. The van der Waals surface area contributed by atoms with Crippen LogP contribution in [0.3, 0.4) is 0 Å². The van der Waals surface area contributed by atoms with E-state index in [1.54, 1.807) is 0 Å². The molecule has 0 spiro atoms. The van der Waals surface area contributed by atoms with Crippen molar-refractivity contribution in [1.82, 2.24) is 0 Å². The Morgan fingerprint density at radius 1 is 0.500 bits per heavy atom. The van der Waals surface area contributed by atoms with Gasteiger partial charge in [0.2, 0.25) is 0 Å². The van der Waals surface area contributed by atoms with Crippen molar-refractivity contribution in [2.45, 2.75) is 206 Å². The monoisotopic (exact) mass is 599 g/mol. The molecule has 0 aliphatic carbocycles. The Balaban J connectivity index is 3.76. The third kappa shape index (κ3) is 27.7. The molecule has 0 heterocycles. The van der Waals surface area contributed by atoms with E-state index in [0.717, 1.165) is 38.5 Å². The topological polar surface area (TPSA) is 93.1 Å². The molecule has 0 aromatic carbocycles. The van der Waals surface area contributed by atoms with Crippen LogP contribution in [0.1, 0.15) is 200 Å². The van der Waals surface area contributed by atoms with E-state index in [4.69, 9.17) is 9.78 Å². The molecule has 6 nitrogen and oxygen atoms in total. The number of carbonyl (C=O) groups is 2. The van der Waals surface area contributed by atoms with Gasteiger partial charge in [-0.2, -0.15) is 0 Å². The fraction of sp³-hybridized carbons (Fsp3) is 0.944. The van der Waals surface area contributed by atoms with E-state index in [2.05, 4.69) is 13.8 Å². The first-order chi connectivity index (χ1) is 20.6. The second-order valence-corrected chi connectivity index (χ2v) is 12.6. The van der Waals surface area contributed by atoms with Gasteiger partial charge in [0.05, 0.1) is 25.0 Å². The molecule has 2 atom stereocenters. The zero-order valence-corrected chi connectivity index (χ0v) is 27.9. The zero-order chi connectivity index (χ0) is 30.9. The van der Waals surface area contributed by atoms with E-state index in [-0.39, 0.29) is 6.42 Å². The SMILES string of the molecule is CCCCCCCCCCCCCCCCC(C(=O)OOC(=O)CCCCCCCCCCCCCCC)C(O)CO. The van der Waals surface area contributed by atoms with Crippen molar-refractivity contribution in [2.24, 2.45) is 5.92 Å². The zero-order valence-electron chi connectivity index (χ0n) is 27.9. The van der Waals surface area contributed by atoms with Gasteiger partial charge in [0.1, 0.15) is 0 Å². The summed E-state index contributed by atoms with van der Waals surface area (Å²) in [7, 11) is 0. The molecule has 0 saturated carbocycles. The second-order valence-electron chi connectivity index (χ2n) is 12.6. The molecule has 0 rings (SSSR count). The summed E-state index contributed by atoms with van der Waals surface area (Å²) in [5.74, 6) is -2.21. The Morgan fingerprint density at radius 3 is 1.19 bits per heavy atom. The number of aliphatic hydroxyl groups excluding tert-OH is 2. The van der Waals surface area contributed by atoms with Crippen LogP contribution in [-0.4, -0.2) is 34.9 Å². The lowest BCUT2D eigenvalue weighted by Crippen LogP contribution is -2.33. The lowest BCUT2D eigenvalue weighted by atomic mass is 9.95. The highest BCUT2D eigenvalue weighted by molar-refractivity contribution is 5.75. The average molecular weight is 599 g/mol. The maximum Gasteiger partial charge on any atom is 0.361 e. The number of carbonyl (C=O) groups excluding carboxylic acids is 2. The summed E-state index contributed by atoms with van der Waals surface area (Å²) in [4.78, 5) is 33.9. The predicted octanol–water partition coefficient (Wildman–Crippen LogP) is 10.3. The molecule has 0 radical (unpaired) electrons. The molecule has 0 fully saturated rings. The van der Waals surface area contributed by atoms with Crippen molar-refractivity contribution in [3.05, 3.63) is 0 Å². The molecule has 0 amide bonds. The molecule has 2 N–H and O–H groups in total. The predicted molar refractivity (Wildman–Crippen MR) is 174 cm³/mol. The first-order valence-electron chi connectivity index (χ1n) is 18.3. The number of unbranched alkanes of at least 4 members (excludes halogenated alkanes) is 25. The van der Waals surface area contributed by atoms with E-state index in [0.29, 0.717) is 6.42 Å². The molecule has 250 valence electrons. The largest absolute Gasteiger partial charge is 0.394 e. The lowest BCUT2D eigenvalue weighted by molar-refractivity contribution is -0.264. The third-order valence-electron chi connectivity index (χ3n) is 8.52. The highest BCUT2D eigenvalue weighted by Gasteiger charge is 2.29. The summed E-state index contributed by atoms with van der Waals surface area (Å²) in [5.41, 5.74) is 0. The molecule has 42 heavy (non-hydrogen) atoms. The first kappa shape index (κ1) is 40.9. The Kier molecular flexibility index (Phi) is 31.9. The van der Waals surface area contributed by atoms with Crippen LogP contribution < -0.4 is 0 Å². The van der Waals surface area contributed by atoms with Crippen LogP contribution in [0, 0.1) is 5.92 Å². The van der Waals surface area contributed by atoms with Crippen molar-refractivity contribution in [2.75, 3.05) is 6.61 Å². The lowest BCUT2D eigenvalue weighted by Gasteiger charge is -2.18. The molecule has 2 unspecified atom stereocenters. The van der Waals surface area contributed by atoms with Crippen LogP contribution in [0.25, 0.3) is 0 Å². The van der Waals surface area contributed by atoms with E-state index < -0.39 is 30.6 Å². The molecule has 0 aliphatic heterocycles. The number of hydrogen-bond acceptors (Lipinski definition) is 6. The van der Waals surface area contributed by atoms with Crippen molar-refractivity contribution in [1.29, 1.82) is 0 Å². The van der Waals surface area contributed by atoms with Crippen molar-refractivity contribution < 1.29 is 29.6 Å². The third-order valence-corrected chi connectivity index (χ3v) is 8.52. The smallest absolute Gasteiger partial charge is 0.361 e. The molecular formula is C36H70O6. The van der Waals surface area contributed by atoms with Crippen LogP contribution in [0.15, 0.2) is 0 Å². The van der Waals surface area contributed by atoms with Gasteiger partial charge in [0.15, 0.2) is 0 Å². The Labute approximate surface area is 260 Å². The van der Waals surface area contributed by atoms with Crippen LogP contribution in [0.5, 0.6) is 0 Å². The Bertz CT molecular complexity index is 581. The van der Waals surface area contributed by atoms with Gasteiger partial charge in [-0.05, 0) is 12.8 Å². The summed E-state index contributed by atoms with van der Waals surface area (Å²) in [6, 6.07) is 0. The maximum atomic E-state index is 12.4. The van der Waals surface area contributed by atoms with Crippen LogP contribution >= 0.6 is 0 Å². The fourth-order valence-corrected chi connectivity index (χ4v) is 5.63. The number of rotatable bonds is 32. The van der Waals surface area contributed by atoms with Crippen molar-refractivity contribution >= 4 is 11.9 Å². The molecule has 0 aromatic heterocycles. The van der Waals surface area contributed by atoms with Gasteiger partial charge in [-0.25, -0.2) is 19.4 Å². The molecule has 0 saturated heterocycles. The molecular weight excluding hydrogens is 528 g/mol. The minimum absolute atomic E-state index is 0.219. The Morgan fingerprint density at radius 2 is 0.833 bits per heavy atom. The fourth-order valence-electron chi connectivity index (χ4n) is 5.63. The average Bonchev–Trinajstić information content (AvgIpc) is 2.99. The normalized spacial score (nSPS) is 12.8. The summed E-state index contributed by atoms with van der Waals surface area (Å²) < 4.78 is 0. The minimum Gasteiger partial charge on any atom is -0.394 e. The first-order valence-corrected chi connectivity index (χ1v) is 18.3. The van der Waals surface area contributed by atoms with E-state index in [1.807, 2.05) is 0 Å². The van der Waals surface area contributed by atoms with Crippen LogP contribution in [-0.2, 0) is 19.4 Å². The summed E-state index contributed by atoms with van der Waals surface area (Å²) >= 11 is 0. The minimum atomic E-state index is -1.21. The van der Waals surface area contributed by atoms with Crippen LogP contribution in [0.4, 0.5) is 0 Å². The summed E-state index contributed by atoms with van der Waals surface area (Å²) in [5, 5.41) is 19.5. The van der Waals surface area contributed by atoms with Gasteiger partial charge in [-0.3, -0.25) is 0 Å². The van der Waals surface area contributed by atoms with Crippen molar-refractivity contribution in [3.8, 4) is 0 Å². The molecule has 6 heteroatoms. The maximum absolute atomic E-state index is 12.4. The second kappa shape index (κ2) is 32.8. The van der Waals surface area contributed by atoms with Crippen molar-refractivity contribution in [3.63, 3.8) is 0 Å². The Hall–Kier alpha value is -1.14. The summed E-state index contributed by atoms with van der Waals surface area (Å²) in [6.07, 6.45) is 32.8. The van der Waals surface area contributed by atoms with Gasteiger partial charge in [-0.15, -0.1) is 0 Å². The number of hydrogen-bond donors (Lipinski definition) is 2. The molecule has 0 aliphatic rings. The molecule has 0 aromatic rings. The van der Waals surface area contributed by atoms with E-state index in [1.165, 1.54) is 135 Å². The number of aliphatic hydroxyl groups is 2. The highest BCUT2D eigenvalue weighted by atomic mass is 17.2. The van der Waals surface area contributed by atoms with E-state index >= 15 is 0 Å². The van der Waals surface area contributed by atoms with Gasteiger partial charge < -0.3 is 10.2 Å². The van der Waals surface area contributed by atoms with Gasteiger partial charge in [0.25, 0.3) is 0 Å². The standard InChI is InChI=1S/C36H70O6/c1-3-5-7-9-11-13-15-17-19-20-22-24-26-28-30-33(34(38)32-37)36(40)42-41-35(39)31-29-27-25-23-21-18-16-14-12-10-8-6-4-2/h33-34,37-38H,3-32H2,1-2H3. The van der Waals surface area contributed by atoms with Gasteiger partial charge >= 0.3 is 11.9 Å². The highest BCUT2D eigenvalue weighted by Crippen LogP contribution is 2.19. The van der Waals surface area contributed by atoms with Crippen LogP contribution in [0.2, 0.25) is 0 Å². The van der Waals surface area contributed by atoms with Gasteiger partial charge in [-0.1, -0.05) is 181 Å². The summed E-state index contributed by atoms with van der Waals surface area (Å²) in [6.45, 7) is 3.98. The van der Waals surface area contributed by atoms with E-state index in [9.17, 15) is 19.8 Å².